The van der Waals surface area contributed by atoms with Crippen molar-refractivity contribution in [2.45, 2.75) is 13.0 Å². The number of hydrogen-bond acceptors (Lipinski definition) is 4. The lowest BCUT2D eigenvalue weighted by Gasteiger charge is -2.09. The summed E-state index contributed by atoms with van der Waals surface area (Å²) in [4.78, 5) is 13.4. The Morgan fingerprint density at radius 1 is 0.862 bits per heavy atom. The van der Waals surface area contributed by atoms with Crippen molar-refractivity contribution in [1.82, 2.24) is 29.3 Å². The Balaban J connectivity index is 1.39. The number of benzene rings is 2. The Bertz CT molecular complexity index is 1270. The third-order valence-corrected chi connectivity index (χ3v) is 5.16. The molecule has 5 aromatic rings. The molecule has 0 unspecified atom stereocenters. The normalized spacial score (nSPS) is 11.2. The highest BCUT2D eigenvalue weighted by Crippen LogP contribution is 2.26. The Kier molecular flexibility index (Phi) is 4.37. The van der Waals surface area contributed by atoms with Crippen LogP contribution in [0.4, 0.5) is 0 Å². The van der Waals surface area contributed by atoms with Crippen molar-refractivity contribution >= 4 is 10.9 Å². The molecular weight excluding hydrogens is 360 g/mol. The van der Waals surface area contributed by atoms with Gasteiger partial charge in [0.25, 0.3) is 0 Å². The summed E-state index contributed by atoms with van der Waals surface area (Å²) >= 11 is 0. The van der Waals surface area contributed by atoms with E-state index in [1.165, 1.54) is 0 Å². The largest absolute Gasteiger partial charge is 0.331 e. The van der Waals surface area contributed by atoms with Gasteiger partial charge in [-0.3, -0.25) is 9.67 Å². The van der Waals surface area contributed by atoms with Gasteiger partial charge < -0.3 is 4.57 Å². The van der Waals surface area contributed by atoms with Crippen LogP contribution >= 0.6 is 0 Å². The highest BCUT2D eigenvalue weighted by atomic mass is 15.3. The third-order valence-electron chi connectivity index (χ3n) is 5.16. The van der Waals surface area contributed by atoms with Crippen LogP contribution in [0, 0.1) is 0 Å². The molecule has 5 rings (SSSR count). The highest BCUT2D eigenvalue weighted by Gasteiger charge is 2.09. The number of aryl methyl sites for hydroxylation is 3. The number of nitrogens with zero attached hydrogens (tertiary/aromatic N) is 6. The summed E-state index contributed by atoms with van der Waals surface area (Å²) in [6.45, 7) is 0.804. The van der Waals surface area contributed by atoms with Gasteiger partial charge >= 0.3 is 0 Å². The van der Waals surface area contributed by atoms with Crippen molar-refractivity contribution in [3.8, 4) is 22.5 Å². The van der Waals surface area contributed by atoms with Crippen molar-refractivity contribution in [2.24, 2.45) is 7.05 Å². The number of imidazole rings is 1. The van der Waals surface area contributed by atoms with Gasteiger partial charge in [0.2, 0.25) is 0 Å². The van der Waals surface area contributed by atoms with E-state index in [1.807, 2.05) is 48.5 Å². The number of fused-ring (bicyclic) bond motifs is 1. The molecule has 0 radical (unpaired) electrons. The zero-order valence-electron chi connectivity index (χ0n) is 16.1. The first kappa shape index (κ1) is 17.3. The second kappa shape index (κ2) is 7.31. The Morgan fingerprint density at radius 3 is 2.52 bits per heavy atom. The van der Waals surface area contributed by atoms with E-state index in [9.17, 15) is 0 Å². The van der Waals surface area contributed by atoms with E-state index in [1.54, 1.807) is 6.33 Å². The predicted molar refractivity (Wildman–Crippen MR) is 113 cm³/mol. The zero-order chi connectivity index (χ0) is 19.6. The van der Waals surface area contributed by atoms with E-state index in [0.29, 0.717) is 0 Å². The number of hydrogen-bond donors (Lipinski definition) is 0. The summed E-state index contributed by atoms with van der Waals surface area (Å²) in [7, 11) is 1.91. The second-order valence-electron chi connectivity index (χ2n) is 6.99. The molecule has 0 spiro atoms. The van der Waals surface area contributed by atoms with Crippen LogP contribution in [0.15, 0.2) is 79.5 Å². The fourth-order valence-corrected chi connectivity index (χ4v) is 3.56. The summed E-state index contributed by atoms with van der Waals surface area (Å²) in [5.74, 6) is 1.92. The average Bonchev–Trinajstić information content (AvgIpc) is 3.40. The predicted octanol–water partition coefficient (Wildman–Crippen LogP) is 4.14. The van der Waals surface area contributed by atoms with Gasteiger partial charge in [0.05, 0.1) is 5.52 Å². The molecule has 6 heteroatoms. The zero-order valence-corrected chi connectivity index (χ0v) is 16.1. The van der Waals surface area contributed by atoms with E-state index in [-0.39, 0.29) is 0 Å². The number of pyridine rings is 1. The van der Waals surface area contributed by atoms with Gasteiger partial charge in [-0.15, -0.1) is 0 Å². The SMILES string of the molecule is Cn1ncnc1CCn1ccnc1-c1ccc(-c2cnc3ccccc3c2)cc1. The van der Waals surface area contributed by atoms with Crippen LogP contribution in [0.3, 0.4) is 0 Å². The summed E-state index contributed by atoms with van der Waals surface area (Å²) in [5.41, 5.74) is 4.35. The van der Waals surface area contributed by atoms with E-state index < -0.39 is 0 Å². The first-order valence-electron chi connectivity index (χ1n) is 9.57. The van der Waals surface area contributed by atoms with Crippen LogP contribution in [-0.2, 0) is 20.0 Å². The standard InChI is InChI=1S/C23H20N6/c1-28-22(26-16-27-28)10-12-29-13-11-24-23(29)18-8-6-17(7-9-18)20-14-19-4-2-3-5-21(19)25-15-20/h2-9,11,13-16H,10,12H2,1H3. The molecular formula is C23H20N6. The molecule has 0 atom stereocenters. The van der Waals surface area contributed by atoms with Crippen LogP contribution in [0.5, 0.6) is 0 Å². The van der Waals surface area contributed by atoms with E-state index >= 15 is 0 Å². The van der Waals surface area contributed by atoms with E-state index in [2.05, 4.69) is 61.0 Å². The van der Waals surface area contributed by atoms with Crippen LogP contribution < -0.4 is 0 Å². The lowest BCUT2D eigenvalue weighted by Crippen LogP contribution is -2.07. The smallest absolute Gasteiger partial charge is 0.139 e. The molecule has 0 aliphatic rings. The summed E-state index contributed by atoms with van der Waals surface area (Å²) in [5, 5.41) is 5.28. The molecule has 3 aromatic heterocycles. The van der Waals surface area contributed by atoms with Gasteiger partial charge in [0, 0.05) is 55.1 Å². The monoisotopic (exact) mass is 380 g/mol. The molecule has 0 fully saturated rings. The van der Waals surface area contributed by atoms with Crippen molar-refractivity contribution in [3.05, 3.63) is 85.3 Å². The average molecular weight is 380 g/mol. The molecule has 0 saturated carbocycles. The van der Waals surface area contributed by atoms with Crippen LogP contribution in [0.25, 0.3) is 33.4 Å². The molecule has 3 heterocycles. The Hall–Kier alpha value is -3.80. The van der Waals surface area contributed by atoms with Crippen LogP contribution in [-0.4, -0.2) is 29.3 Å². The molecule has 0 aliphatic heterocycles. The highest BCUT2D eigenvalue weighted by molar-refractivity contribution is 5.83. The fraction of sp³-hybridized carbons (Fsp3) is 0.130. The van der Waals surface area contributed by atoms with Gasteiger partial charge in [-0.2, -0.15) is 5.10 Å². The van der Waals surface area contributed by atoms with Gasteiger partial charge in [0.15, 0.2) is 0 Å². The van der Waals surface area contributed by atoms with E-state index in [4.69, 9.17) is 0 Å². The molecule has 142 valence electrons. The summed E-state index contributed by atoms with van der Waals surface area (Å²) < 4.78 is 3.96. The Labute approximate surface area is 168 Å². The van der Waals surface area contributed by atoms with Gasteiger partial charge in [-0.25, -0.2) is 9.97 Å². The Morgan fingerprint density at radius 2 is 1.69 bits per heavy atom. The maximum atomic E-state index is 4.57. The number of para-hydroxylation sites is 1. The van der Waals surface area contributed by atoms with Gasteiger partial charge in [0.1, 0.15) is 18.0 Å². The molecule has 29 heavy (non-hydrogen) atoms. The number of rotatable bonds is 5. The van der Waals surface area contributed by atoms with Crippen LogP contribution in [0.2, 0.25) is 0 Å². The minimum atomic E-state index is 0.804. The minimum absolute atomic E-state index is 0.804. The molecule has 0 N–H and O–H groups in total. The molecule has 0 bridgehead atoms. The maximum Gasteiger partial charge on any atom is 0.139 e. The molecule has 6 nitrogen and oxygen atoms in total. The second-order valence-corrected chi connectivity index (χ2v) is 6.99. The van der Waals surface area contributed by atoms with Crippen molar-refractivity contribution in [1.29, 1.82) is 0 Å². The first-order valence-corrected chi connectivity index (χ1v) is 9.57. The molecule has 0 amide bonds. The lowest BCUT2D eigenvalue weighted by atomic mass is 10.0. The summed E-state index contributed by atoms with van der Waals surface area (Å²) in [6, 6.07) is 18.8. The summed E-state index contributed by atoms with van der Waals surface area (Å²) in [6.07, 6.45) is 8.17. The fourth-order valence-electron chi connectivity index (χ4n) is 3.56. The number of aromatic nitrogens is 6. The first-order chi connectivity index (χ1) is 14.3. The minimum Gasteiger partial charge on any atom is -0.331 e. The quantitative estimate of drug-likeness (QED) is 0.460. The van der Waals surface area contributed by atoms with Gasteiger partial charge in [-0.05, 0) is 17.7 Å². The topological polar surface area (TPSA) is 61.4 Å². The van der Waals surface area contributed by atoms with Crippen LogP contribution in [0.1, 0.15) is 5.82 Å². The third kappa shape index (κ3) is 3.40. The van der Waals surface area contributed by atoms with Gasteiger partial charge in [-0.1, -0.05) is 42.5 Å². The van der Waals surface area contributed by atoms with Crippen molar-refractivity contribution in [3.63, 3.8) is 0 Å². The van der Waals surface area contributed by atoms with Crippen molar-refractivity contribution in [2.75, 3.05) is 0 Å². The molecule has 0 saturated heterocycles. The maximum absolute atomic E-state index is 4.57. The molecule has 2 aromatic carbocycles. The van der Waals surface area contributed by atoms with Crippen molar-refractivity contribution < 1.29 is 0 Å². The molecule has 0 aliphatic carbocycles. The lowest BCUT2D eigenvalue weighted by molar-refractivity contribution is 0.629. The van der Waals surface area contributed by atoms with E-state index in [0.717, 1.165) is 52.2 Å².